The first-order valence-corrected chi connectivity index (χ1v) is 35.0. The van der Waals surface area contributed by atoms with Crippen molar-refractivity contribution < 1.29 is 47.7 Å². The Balaban J connectivity index is 1.60. The Kier molecular flexibility index (Phi) is 46.0. The molecule has 0 fully saturated rings. The lowest BCUT2D eigenvalue weighted by Crippen LogP contribution is -2.34. The van der Waals surface area contributed by atoms with Crippen LogP contribution in [0.1, 0.15) is 281 Å². The molecule has 0 saturated carbocycles. The second-order valence-corrected chi connectivity index (χ2v) is 24.1. The molecule has 0 aliphatic carbocycles. The number of aromatic amines is 1. The fraction of sp³-hybridized carbons (Fsp3) is 0.771. The number of ether oxygens (including phenoxy) is 5. The summed E-state index contributed by atoms with van der Waals surface area (Å²) in [4.78, 5) is 93.6. The molecule has 1 aromatic carbocycles. The molecule has 0 atom stereocenters. The third kappa shape index (κ3) is 38.4. The van der Waals surface area contributed by atoms with Crippen molar-refractivity contribution >= 4 is 47.1 Å². The predicted octanol–water partition coefficient (Wildman–Crippen LogP) is 15.1. The topological polar surface area (TPSA) is 214 Å². The molecule has 18 nitrogen and oxygen atoms in total. The van der Waals surface area contributed by atoms with E-state index in [1.807, 2.05) is 0 Å². The van der Waals surface area contributed by atoms with Crippen molar-refractivity contribution in [2.75, 3.05) is 84.7 Å². The van der Waals surface area contributed by atoms with E-state index in [0.717, 1.165) is 88.9 Å². The van der Waals surface area contributed by atoms with Crippen molar-refractivity contribution in [2.45, 2.75) is 271 Å². The summed E-state index contributed by atoms with van der Waals surface area (Å²) >= 11 is 0. The molecular formula is C70H119N7O11. The van der Waals surface area contributed by atoms with E-state index in [9.17, 15) is 28.8 Å². The number of hydrogen-bond donors (Lipinski definition) is 2. The fourth-order valence-corrected chi connectivity index (χ4v) is 10.9. The summed E-state index contributed by atoms with van der Waals surface area (Å²) in [6.45, 7) is 12.1. The van der Waals surface area contributed by atoms with E-state index in [2.05, 4.69) is 50.8 Å². The van der Waals surface area contributed by atoms with Crippen LogP contribution in [-0.4, -0.2) is 139 Å². The highest BCUT2D eigenvalue weighted by Gasteiger charge is 2.20. The third-order valence-corrected chi connectivity index (χ3v) is 16.3. The van der Waals surface area contributed by atoms with Gasteiger partial charge in [0.2, 0.25) is 5.91 Å². The average Bonchev–Trinajstić information content (AvgIpc) is 2.30. The number of aldehydes is 1. The number of nitrogens with zero attached hydrogens (tertiary/aromatic N) is 5. The van der Waals surface area contributed by atoms with Crippen molar-refractivity contribution in [2.24, 2.45) is 0 Å². The van der Waals surface area contributed by atoms with Gasteiger partial charge in [0.15, 0.2) is 11.5 Å². The zero-order valence-electron chi connectivity index (χ0n) is 55.5. The number of H-pyrrole nitrogens is 1. The van der Waals surface area contributed by atoms with Crippen LogP contribution in [0.3, 0.4) is 0 Å². The summed E-state index contributed by atoms with van der Waals surface area (Å²) in [5.41, 5.74) is 1.35. The standard InChI is InChI=1S/C70H119N7O11/c1-5-8-11-14-17-20-23-26-29-35-53-85-63(80)44-50-75(47-34-32-33-39-62(79)71-67-66-68(74-69(73-67)88-57-56-84-4)77(70(83)72-66)58-60-40-42-61(59-78)43-41-60)48-38-49-76(51-45-64(81)86-54-36-30-27-24-21-18-15-12-9-6-2)52-46-65(82)87-55-37-31-28-25-22-19-16-13-10-7-3/h40-43,59H,5-39,44-58H2,1-4H3,(H,72,83)(H,71,73,74,79). The summed E-state index contributed by atoms with van der Waals surface area (Å²) < 4.78 is 29.4. The van der Waals surface area contributed by atoms with Crippen molar-refractivity contribution in [3.8, 4) is 6.01 Å². The lowest BCUT2D eigenvalue weighted by Gasteiger charge is -2.25. The Labute approximate surface area is 529 Å². The monoisotopic (exact) mass is 1230 g/mol. The molecule has 1 amide bonds. The van der Waals surface area contributed by atoms with Crippen molar-refractivity contribution in [1.82, 2.24) is 29.3 Å². The number of benzene rings is 1. The van der Waals surface area contributed by atoms with E-state index in [4.69, 9.17) is 23.7 Å². The highest BCUT2D eigenvalue weighted by molar-refractivity contribution is 5.97. The van der Waals surface area contributed by atoms with Gasteiger partial charge < -0.3 is 43.8 Å². The number of carbonyl (C=O) groups excluding carboxylic acids is 5. The SMILES string of the molecule is CCCCCCCCCCCCOC(=O)CCN(CCCCCC(=O)Nc1nc(OCCOC)nc2c1[nH]c(=O)n2Cc1ccc(C=O)cc1)CCCN(CCC(=O)OCCCCCCCCCCCC)CCC(=O)OCCCCCCCCCCCC. The molecule has 2 N–H and O–H groups in total. The van der Waals surface area contributed by atoms with E-state index < -0.39 is 5.69 Å². The number of anilines is 1. The Morgan fingerprint density at radius 1 is 0.489 bits per heavy atom. The van der Waals surface area contributed by atoms with Crippen LogP contribution in [0.15, 0.2) is 29.1 Å². The minimum absolute atomic E-state index is 0.0237. The van der Waals surface area contributed by atoms with E-state index in [1.165, 1.54) is 139 Å². The lowest BCUT2D eigenvalue weighted by atomic mass is 10.1. The number of imidazole rings is 1. The molecular weight excluding hydrogens is 1110 g/mol. The molecule has 2 aromatic heterocycles. The van der Waals surface area contributed by atoms with Gasteiger partial charge in [0, 0.05) is 38.7 Å². The first-order chi connectivity index (χ1) is 43.1. The van der Waals surface area contributed by atoms with Crippen LogP contribution < -0.4 is 15.7 Å². The average molecular weight is 1230 g/mol. The molecule has 3 aromatic rings. The Morgan fingerprint density at radius 2 is 0.898 bits per heavy atom. The van der Waals surface area contributed by atoms with Gasteiger partial charge in [-0.1, -0.05) is 225 Å². The van der Waals surface area contributed by atoms with Crippen LogP contribution in [0.25, 0.3) is 11.2 Å². The van der Waals surface area contributed by atoms with Gasteiger partial charge in [0.1, 0.15) is 18.4 Å². The number of methoxy groups -OCH3 is 1. The van der Waals surface area contributed by atoms with Crippen LogP contribution in [0.5, 0.6) is 6.01 Å². The first-order valence-electron chi connectivity index (χ1n) is 35.0. The summed E-state index contributed by atoms with van der Waals surface area (Å²) in [5.74, 6) is -0.807. The second kappa shape index (κ2) is 52.6. The van der Waals surface area contributed by atoms with E-state index in [-0.39, 0.29) is 92.2 Å². The van der Waals surface area contributed by atoms with Gasteiger partial charge in [0.25, 0.3) is 0 Å². The second-order valence-electron chi connectivity index (χ2n) is 24.1. The van der Waals surface area contributed by atoms with Gasteiger partial charge in [-0.05, 0) is 63.7 Å². The lowest BCUT2D eigenvalue weighted by molar-refractivity contribution is -0.145. The summed E-state index contributed by atoms with van der Waals surface area (Å²) in [7, 11) is 1.55. The number of amides is 1. The number of fused-ring (bicyclic) bond motifs is 1. The zero-order valence-corrected chi connectivity index (χ0v) is 55.5. The van der Waals surface area contributed by atoms with E-state index in [0.29, 0.717) is 71.1 Å². The van der Waals surface area contributed by atoms with E-state index >= 15 is 0 Å². The third-order valence-electron chi connectivity index (χ3n) is 16.3. The summed E-state index contributed by atoms with van der Waals surface area (Å²) in [6.07, 6.45) is 40.9. The molecule has 2 heterocycles. The highest BCUT2D eigenvalue weighted by Crippen LogP contribution is 2.23. The predicted molar refractivity (Wildman–Crippen MR) is 353 cm³/mol. The minimum atomic E-state index is -0.447. The van der Waals surface area contributed by atoms with Crippen LogP contribution in [0, 0.1) is 0 Å². The maximum atomic E-state index is 13.6. The first kappa shape index (κ1) is 77.0. The van der Waals surface area contributed by atoms with Gasteiger partial charge in [-0.15, -0.1) is 0 Å². The molecule has 88 heavy (non-hydrogen) atoms. The molecule has 0 aliphatic rings. The molecule has 18 heteroatoms. The van der Waals surface area contributed by atoms with Gasteiger partial charge in [0.05, 0.1) is 52.2 Å². The highest BCUT2D eigenvalue weighted by atomic mass is 16.5. The number of unbranched alkanes of at least 4 members (excludes halogenated alkanes) is 29. The van der Waals surface area contributed by atoms with Crippen LogP contribution in [-0.2, 0) is 44.7 Å². The largest absolute Gasteiger partial charge is 0.466 e. The molecule has 0 aliphatic heterocycles. The Hall–Kier alpha value is -5.20. The van der Waals surface area contributed by atoms with Gasteiger partial charge in [-0.25, -0.2) is 4.79 Å². The van der Waals surface area contributed by atoms with Crippen molar-refractivity contribution in [3.05, 3.63) is 45.9 Å². The molecule has 500 valence electrons. The molecule has 0 unspecified atom stereocenters. The zero-order chi connectivity index (χ0) is 63.3. The Morgan fingerprint density at radius 3 is 1.33 bits per heavy atom. The number of aromatic nitrogens is 4. The molecule has 0 bridgehead atoms. The number of rotatable bonds is 60. The number of hydrogen-bond acceptors (Lipinski definition) is 15. The summed E-state index contributed by atoms with van der Waals surface area (Å²) in [5, 5.41) is 2.89. The number of carbonyl (C=O) groups is 5. The van der Waals surface area contributed by atoms with Crippen LogP contribution in [0.2, 0.25) is 0 Å². The smallest absolute Gasteiger partial charge is 0.328 e. The molecule has 3 rings (SSSR count). The van der Waals surface area contributed by atoms with Crippen molar-refractivity contribution in [1.29, 1.82) is 0 Å². The quantitative estimate of drug-likeness (QED) is 0.0233. The molecule has 0 saturated heterocycles. The number of esters is 3. The fourth-order valence-electron chi connectivity index (χ4n) is 10.9. The Bertz CT molecular complexity index is 2280. The number of nitrogens with one attached hydrogen (secondary N) is 2. The maximum Gasteiger partial charge on any atom is 0.328 e. The van der Waals surface area contributed by atoms with E-state index in [1.54, 1.807) is 31.4 Å². The normalized spacial score (nSPS) is 11.5. The van der Waals surface area contributed by atoms with Gasteiger partial charge >= 0.3 is 29.6 Å². The maximum absolute atomic E-state index is 13.6. The molecule has 0 radical (unpaired) electrons. The van der Waals surface area contributed by atoms with Gasteiger partial charge in [-0.2, -0.15) is 9.97 Å². The van der Waals surface area contributed by atoms with Crippen LogP contribution >= 0.6 is 0 Å². The molecule has 0 spiro atoms. The van der Waals surface area contributed by atoms with Crippen molar-refractivity contribution in [3.63, 3.8) is 0 Å². The van der Waals surface area contributed by atoms with Crippen LogP contribution in [0.4, 0.5) is 5.82 Å². The van der Waals surface area contributed by atoms with Gasteiger partial charge in [-0.3, -0.25) is 28.5 Å². The minimum Gasteiger partial charge on any atom is -0.466 e. The summed E-state index contributed by atoms with van der Waals surface area (Å²) in [6, 6.07) is 6.86.